The molecule has 0 saturated carbocycles. The van der Waals surface area contributed by atoms with E-state index in [1.165, 1.54) is 14.2 Å². The van der Waals surface area contributed by atoms with Gasteiger partial charge in [-0.2, -0.15) is 0 Å². The van der Waals surface area contributed by atoms with Crippen molar-refractivity contribution in [2.45, 2.75) is 12.1 Å². The lowest BCUT2D eigenvalue weighted by Crippen LogP contribution is -2.49. The van der Waals surface area contributed by atoms with Crippen LogP contribution in [-0.4, -0.2) is 81.4 Å². The van der Waals surface area contributed by atoms with Gasteiger partial charge in [-0.25, -0.2) is 0 Å². The molecule has 0 radical (unpaired) electrons. The van der Waals surface area contributed by atoms with Crippen molar-refractivity contribution in [3.05, 3.63) is 0 Å². The van der Waals surface area contributed by atoms with Crippen LogP contribution in [0, 0.1) is 0 Å². The molecule has 0 spiro atoms. The van der Waals surface area contributed by atoms with Gasteiger partial charge in [-0.1, -0.05) is 0 Å². The molecule has 8 heteroatoms. The molecule has 108 valence electrons. The number of rotatable bonds is 2. The molecule has 2 heterocycles. The summed E-state index contributed by atoms with van der Waals surface area (Å²) in [5.74, 6) is -0.746. The molecule has 2 aliphatic rings. The molecule has 0 amide bonds. The summed E-state index contributed by atoms with van der Waals surface area (Å²) in [6.07, 6.45) is 0. The Morgan fingerprint density at radius 1 is 0.947 bits per heavy atom. The largest absolute Gasteiger partial charge is 0.468 e. The maximum absolute atomic E-state index is 11.7. The molecule has 4 atom stereocenters. The Morgan fingerprint density at radius 2 is 1.37 bits per heavy atom. The van der Waals surface area contributed by atoms with Gasteiger partial charge in [0.2, 0.25) is 0 Å². The molecule has 2 aliphatic heterocycles. The lowest BCUT2D eigenvalue weighted by Gasteiger charge is -2.27. The molecule has 2 bridgehead atoms. The first kappa shape index (κ1) is 14.2. The molecule has 8 nitrogen and oxygen atoms in total. The molecule has 0 N–H and O–H groups in total. The van der Waals surface area contributed by atoms with Crippen molar-refractivity contribution in [3.8, 4) is 0 Å². The molecule has 2 fully saturated rings. The number of esters is 2. The van der Waals surface area contributed by atoms with Gasteiger partial charge >= 0.3 is 11.9 Å². The van der Waals surface area contributed by atoms with E-state index in [-0.39, 0.29) is 38.6 Å². The van der Waals surface area contributed by atoms with Crippen LogP contribution in [0.3, 0.4) is 0 Å². The van der Waals surface area contributed by atoms with Crippen LogP contribution in [0.5, 0.6) is 0 Å². The van der Waals surface area contributed by atoms with Gasteiger partial charge in [0, 0.05) is 0 Å². The summed E-state index contributed by atoms with van der Waals surface area (Å²) >= 11 is 0. The standard InChI is InChI=1S/C11H18N2O6/c1-16-10(14)8-3-18-7-13-5-12(8)6-19-4-9(13)11(15)17-2/h8-9H,3-7H2,1-2H3. The van der Waals surface area contributed by atoms with Crippen LogP contribution in [0.4, 0.5) is 0 Å². The Hall–Kier alpha value is -1.22. The number of nitrogens with zero attached hydrogens (tertiary/aromatic N) is 2. The SMILES string of the molecule is COC(=O)C1COCN2CN1COCC2C(=O)OC. The van der Waals surface area contributed by atoms with Crippen molar-refractivity contribution in [2.75, 3.05) is 47.6 Å². The molecule has 2 rings (SSSR count). The average Bonchev–Trinajstić information content (AvgIpc) is 2.77. The molecule has 4 unspecified atom stereocenters. The summed E-state index contributed by atoms with van der Waals surface area (Å²) < 4.78 is 20.4. The van der Waals surface area contributed by atoms with Crippen LogP contribution in [0.25, 0.3) is 0 Å². The number of ether oxygens (including phenoxy) is 4. The van der Waals surface area contributed by atoms with Crippen LogP contribution >= 0.6 is 0 Å². The molecule has 0 aromatic rings. The zero-order chi connectivity index (χ0) is 13.8. The van der Waals surface area contributed by atoms with E-state index in [1.54, 1.807) is 9.80 Å². The predicted octanol–water partition coefficient (Wildman–Crippen LogP) is -1.39. The number of carbonyl (C=O) groups excluding carboxylic acids is 2. The molecular weight excluding hydrogens is 256 g/mol. The quantitative estimate of drug-likeness (QED) is 0.569. The predicted molar refractivity (Wildman–Crippen MR) is 61.8 cm³/mol. The fourth-order valence-electron chi connectivity index (χ4n) is 2.17. The van der Waals surface area contributed by atoms with Crippen LogP contribution in [0.15, 0.2) is 0 Å². The van der Waals surface area contributed by atoms with E-state index in [0.29, 0.717) is 6.67 Å². The Kier molecular flexibility index (Phi) is 4.70. The fraction of sp³-hybridized carbons (Fsp3) is 0.818. The summed E-state index contributed by atoms with van der Waals surface area (Å²) in [6.45, 7) is 1.29. The monoisotopic (exact) mass is 274 g/mol. The number of fused-ring (bicyclic) bond motifs is 2. The Bertz CT molecular complexity index is 318. The molecule has 0 aliphatic carbocycles. The van der Waals surface area contributed by atoms with Gasteiger partial charge in [0.25, 0.3) is 0 Å². The van der Waals surface area contributed by atoms with E-state index in [4.69, 9.17) is 18.9 Å². The van der Waals surface area contributed by atoms with Crippen molar-refractivity contribution < 1.29 is 28.5 Å². The van der Waals surface area contributed by atoms with Gasteiger partial charge in [-0.15, -0.1) is 0 Å². The third-order valence-electron chi connectivity index (χ3n) is 3.26. The van der Waals surface area contributed by atoms with Crippen LogP contribution in [0.2, 0.25) is 0 Å². The lowest BCUT2D eigenvalue weighted by atomic mass is 10.3. The maximum Gasteiger partial charge on any atom is 0.325 e. The summed E-state index contributed by atoms with van der Waals surface area (Å²) in [4.78, 5) is 26.9. The van der Waals surface area contributed by atoms with E-state index in [2.05, 4.69) is 0 Å². The Morgan fingerprint density at radius 3 is 1.74 bits per heavy atom. The highest BCUT2D eigenvalue weighted by atomic mass is 16.5. The molecule has 0 aromatic heterocycles. The van der Waals surface area contributed by atoms with E-state index in [0.717, 1.165) is 0 Å². The van der Waals surface area contributed by atoms with Gasteiger partial charge in [-0.3, -0.25) is 19.4 Å². The van der Waals surface area contributed by atoms with Crippen LogP contribution < -0.4 is 0 Å². The van der Waals surface area contributed by atoms with Gasteiger partial charge in [0.1, 0.15) is 25.5 Å². The Balaban J connectivity index is 2.13. The van der Waals surface area contributed by atoms with E-state index in [1.807, 2.05) is 0 Å². The van der Waals surface area contributed by atoms with E-state index < -0.39 is 12.1 Å². The number of methoxy groups -OCH3 is 2. The Labute approximate surface area is 111 Å². The van der Waals surface area contributed by atoms with Crippen LogP contribution in [0.1, 0.15) is 0 Å². The van der Waals surface area contributed by atoms with Gasteiger partial charge in [0.05, 0.1) is 34.1 Å². The van der Waals surface area contributed by atoms with Crippen LogP contribution in [-0.2, 0) is 28.5 Å². The minimum atomic E-state index is -0.522. The third-order valence-corrected chi connectivity index (χ3v) is 3.26. The highest BCUT2D eigenvalue weighted by molar-refractivity contribution is 5.76. The number of carbonyl (C=O) groups is 2. The van der Waals surface area contributed by atoms with Gasteiger partial charge < -0.3 is 18.9 Å². The second-order valence-corrected chi connectivity index (χ2v) is 4.40. The second-order valence-electron chi connectivity index (χ2n) is 4.40. The minimum Gasteiger partial charge on any atom is -0.468 e. The average molecular weight is 274 g/mol. The first-order valence-corrected chi connectivity index (χ1v) is 5.96. The van der Waals surface area contributed by atoms with Crippen molar-refractivity contribution >= 4 is 11.9 Å². The normalized spacial score (nSPS) is 34.8. The van der Waals surface area contributed by atoms with Gasteiger partial charge in [-0.05, 0) is 0 Å². The zero-order valence-corrected chi connectivity index (χ0v) is 11.0. The summed E-state index contributed by atoms with van der Waals surface area (Å²) in [5, 5.41) is 0. The van der Waals surface area contributed by atoms with E-state index in [9.17, 15) is 9.59 Å². The molecular formula is C11H18N2O6. The zero-order valence-electron chi connectivity index (χ0n) is 11.0. The second kappa shape index (κ2) is 6.29. The lowest BCUT2D eigenvalue weighted by molar-refractivity contribution is -0.153. The smallest absolute Gasteiger partial charge is 0.325 e. The fourth-order valence-corrected chi connectivity index (χ4v) is 2.17. The topological polar surface area (TPSA) is 77.5 Å². The third kappa shape index (κ3) is 3.03. The minimum absolute atomic E-state index is 0.209. The number of hydrogen-bond acceptors (Lipinski definition) is 8. The van der Waals surface area contributed by atoms with Crippen molar-refractivity contribution in [2.24, 2.45) is 0 Å². The number of hydrogen-bond donors (Lipinski definition) is 0. The van der Waals surface area contributed by atoms with E-state index >= 15 is 0 Å². The maximum atomic E-state index is 11.7. The molecule has 2 saturated heterocycles. The first-order chi connectivity index (χ1) is 9.17. The van der Waals surface area contributed by atoms with Crippen molar-refractivity contribution in [3.63, 3.8) is 0 Å². The molecule has 0 aromatic carbocycles. The van der Waals surface area contributed by atoms with Gasteiger partial charge in [0.15, 0.2) is 0 Å². The summed E-state index contributed by atoms with van der Waals surface area (Å²) in [7, 11) is 2.67. The summed E-state index contributed by atoms with van der Waals surface area (Å²) in [5.41, 5.74) is 0. The highest BCUT2D eigenvalue weighted by Crippen LogP contribution is 2.16. The first-order valence-electron chi connectivity index (χ1n) is 5.96. The highest BCUT2D eigenvalue weighted by Gasteiger charge is 2.38. The summed E-state index contributed by atoms with van der Waals surface area (Å²) in [6, 6.07) is -1.04. The molecule has 19 heavy (non-hydrogen) atoms. The van der Waals surface area contributed by atoms with Crippen molar-refractivity contribution in [1.82, 2.24) is 9.80 Å². The van der Waals surface area contributed by atoms with Crippen molar-refractivity contribution in [1.29, 1.82) is 0 Å².